The van der Waals surface area contributed by atoms with Crippen LogP contribution in [0.25, 0.3) is 0 Å². The molecule has 3 unspecified atom stereocenters. The van der Waals surface area contributed by atoms with E-state index in [0.717, 1.165) is 13.1 Å². The van der Waals surface area contributed by atoms with Crippen LogP contribution in [0.5, 0.6) is 0 Å². The summed E-state index contributed by atoms with van der Waals surface area (Å²) in [5, 5.41) is 3.36. The molecule has 4 rings (SSSR count). The summed E-state index contributed by atoms with van der Waals surface area (Å²) in [6.07, 6.45) is 3.33. The normalized spacial score (nSPS) is 22.9. The van der Waals surface area contributed by atoms with Crippen LogP contribution < -0.4 is 5.32 Å². The Morgan fingerprint density at radius 2 is 1.69 bits per heavy atom. The molecule has 36 heavy (non-hydrogen) atoms. The number of carbonyl (C=O) groups excluding carboxylic acids is 1. The van der Waals surface area contributed by atoms with E-state index in [0.29, 0.717) is 25.2 Å². The highest BCUT2D eigenvalue weighted by molar-refractivity contribution is 7.89. The molecule has 0 aromatic heterocycles. The van der Waals surface area contributed by atoms with Crippen LogP contribution in [0.15, 0.2) is 53.4 Å². The van der Waals surface area contributed by atoms with Crippen molar-refractivity contribution in [1.29, 1.82) is 0 Å². The van der Waals surface area contributed by atoms with Gasteiger partial charge in [0.2, 0.25) is 10.0 Å². The van der Waals surface area contributed by atoms with Crippen molar-refractivity contribution in [3.63, 3.8) is 0 Å². The molecule has 2 fully saturated rings. The van der Waals surface area contributed by atoms with Gasteiger partial charge in [0.25, 0.3) is 0 Å². The number of hydrogen-bond donors (Lipinski definition) is 1. The van der Waals surface area contributed by atoms with Crippen molar-refractivity contribution in [3.05, 3.63) is 65.2 Å². The molecule has 0 spiro atoms. The third-order valence-corrected chi connectivity index (χ3v) is 8.92. The number of ketones is 1. The molecule has 1 N–H and O–H groups in total. The van der Waals surface area contributed by atoms with Crippen molar-refractivity contribution >= 4 is 15.8 Å². The van der Waals surface area contributed by atoms with Crippen LogP contribution in [0.4, 0.5) is 0 Å². The highest BCUT2D eigenvalue weighted by Gasteiger charge is 2.32. The fourth-order valence-electron chi connectivity index (χ4n) is 5.21. The number of morpholine rings is 1. The molecule has 0 saturated carbocycles. The van der Waals surface area contributed by atoms with Gasteiger partial charge in [-0.1, -0.05) is 48.4 Å². The maximum absolute atomic E-state index is 13.3. The molecule has 3 atom stereocenters. The Labute approximate surface area is 215 Å². The maximum Gasteiger partial charge on any atom is 0.243 e. The van der Waals surface area contributed by atoms with Crippen LogP contribution in [-0.2, 0) is 14.8 Å². The second-order valence-electron chi connectivity index (χ2n) is 10.2. The molecule has 2 aliphatic heterocycles. The van der Waals surface area contributed by atoms with E-state index in [1.165, 1.54) is 40.8 Å². The minimum atomic E-state index is -3.70. The van der Waals surface area contributed by atoms with E-state index in [1.54, 1.807) is 18.2 Å². The Morgan fingerprint density at radius 1 is 1.03 bits per heavy atom. The van der Waals surface area contributed by atoms with Gasteiger partial charge in [-0.3, -0.25) is 9.69 Å². The Hall–Kier alpha value is -2.10. The van der Waals surface area contributed by atoms with Gasteiger partial charge in [-0.05, 0) is 64.4 Å². The molecule has 2 heterocycles. The Balaban J connectivity index is 1.42. The summed E-state index contributed by atoms with van der Waals surface area (Å²) in [6.45, 7) is 9.40. The molecular weight excluding hydrogens is 474 g/mol. The zero-order valence-corrected chi connectivity index (χ0v) is 22.5. The SMILES string of the molecule is Cc1ccc(C(CNCC(=O)c2cccc(S(=O)(=O)N3CC(C)OC(C)C3)c2)N2CCCCC2)cc1. The first-order valence-corrected chi connectivity index (χ1v) is 14.5. The van der Waals surface area contributed by atoms with Crippen molar-refractivity contribution in [2.75, 3.05) is 39.3 Å². The molecule has 7 nitrogen and oxygen atoms in total. The van der Waals surface area contributed by atoms with Crippen molar-refractivity contribution in [3.8, 4) is 0 Å². The average molecular weight is 514 g/mol. The third-order valence-electron chi connectivity index (χ3n) is 7.10. The highest BCUT2D eigenvalue weighted by Crippen LogP contribution is 2.25. The summed E-state index contributed by atoms with van der Waals surface area (Å²) in [7, 11) is -3.70. The number of Topliss-reactive ketones (excluding diaryl/α,β-unsaturated/α-hetero) is 1. The number of likely N-dealkylation sites (tertiary alicyclic amines) is 1. The number of sulfonamides is 1. The number of nitrogens with zero attached hydrogens (tertiary/aromatic N) is 2. The zero-order chi connectivity index (χ0) is 25.7. The number of hydrogen-bond acceptors (Lipinski definition) is 6. The first-order chi connectivity index (χ1) is 17.2. The summed E-state index contributed by atoms with van der Waals surface area (Å²) in [4.78, 5) is 15.7. The monoisotopic (exact) mass is 513 g/mol. The van der Waals surface area contributed by atoms with Crippen LogP contribution in [0, 0.1) is 6.92 Å². The van der Waals surface area contributed by atoms with Gasteiger partial charge in [0.15, 0.2) is 5.78 Å². The lowest BCUT2D eigenvalue weighted by molar-refractivity contribution is -0.0440. The molecule has 0 aliphatic carbocycles. The van der Waals surface area contributed by atoms with Crippen LogP contribution in [-0.4, -0.2) is 74.9 Å². The van der Waals surface area contributed by atoms with Crippen molar-refractivity contribution < 1.29 is 17.9 Å². The number of aryl methyl sites for hydroxylation is 1. The summed E-state index contributed by atoms with van der Waals surface area (Å²) >= 11 is 0. The first-order valence-electron chi connectivity index (χ1n) is 13.0. The van der Waals surface area contributed by atoms with Crippen molar-refractivity contribution in [1.82, 2.24) is 14.5 Å². The van der Waals surface area contributed by atoms with Gasteiger partial charge in [-0.25, -0.2) is 8.42 Å². The number of nitrogens with one attached hydrogen (secondary N) is 1. The lowest BCUT2D eigenvalue weighted by atomic mass is 10.0. The van der Waals surface area contributed by atoms with Gasteiger partial charge < -0.3 is 10.1 Å². The van der Waals surface area contributed by atoms with Gasteiger partial charge in [-0.15, -0.1) is 0 Å². The van der Waals surface area contributed by atoms with Crippen molar-refractivity contribution in [2.24, 2.45) is 0 Å². The predicted octanol–water partition coefficient (Wildman–Crippen LogP) is 3.79. The van der Waals surface area contributed by atoms with Gasteiger partial charge in [0.05, 0.1) is 23.6 Å². The van der Waals surface area contributed by atoms with E-state index in [4.69, 9.17) is 4.74 Å². The average Bonchev–Trinajstić information content (AvgIpc) is 2.87. The molecule has 8 heteroatoms. The molecule has 0 bridgehead atoms. The predicted molar refractivity (Wildman–Crippen MR) is 142 cm³/mol. The first kappa shape index (κ1) is 26.9. The van der Waals surface area contributed by atoms with E-state index in [1.807, 2.05) is 13.8 Å². The molecule has 2 aliphatic rings. The van der Waals surface area contributed by atoms with E-state index < -0.39 is 10.0 Å². The maximum atomic E-state index is 13.3. The lowest BCUT2D eigenvalue weighted by Crippen LogP contribution is -2.48. The van der Waals surface area contributed by atoms with Gasteiger partial charge in [0, 0.05) is 31.2 Å². The fraction of sp³-hybridized carbons (Fsp3) is 0.536. The molecule has 2 saturated heterocycles. The Kier molecular flexibility index (Phi) is 8.96. The van der Waals surface area contributed by atoms with E-state index in [-0.39, 0.29) is 35.5 Å². The standard InChI is InChI=1S/C28H39N3O4S/c1-21-10-12-24(13-11-21)27(30-14-5-4-6-15-30)17-29-18-28(32)25-8-7-9-26(16-25)36(33,34)31-19-22(2)35-23(3)20-31/h7-13,16,22-23,27,29H,4-6,14-15,17-20H2,1-3H3. The highest BCUT2D eigenvalue weighted by atomic mass is 32.2. The number of benzene rings is 2. The molecule has 2 aromatic carbocycles. The summed E-state index contributed by atoms with van der Waals surface area (Å²) in [6, 6.07) is 15.3. The Bertz CT molecular complexity index is 1120. The van der Waals surface area contributed by atoms with Gasteiger partial charge >= 0.3 is 0 Å². The second kappa shape index (κ2) is 12.0. The van der Waals surface area contributed by atoms with Crippen LogP contribution in [0.3, 0.4) is 0 Å². The number of carbonyl (C=O) groups is 1. The Morgan fingerprint density at radius 3 is 2.36 bits per heavy atom. The second-order valence-corrected chi connectivity index (χ2v) is 12.1. The molecule has 196 valence electrons. The number of rotatable bonds is 9. The quantitative estimate of drug-likeness (QED) is 0.514. The third kappa shape index (κ3) is 6.61. The van der Waals surface area contributed by atoms with E-state index in [2.05, 4.69) is 41.4 Å². The van der Waals surface area contributed by atoms with Crippen LogP contribution in [0.2, 0.25) is 0 Å². The number of ether oxygens (including phenoxy) is 1. The summed E-state index contributed by atoms with van der Waals surface area (Å²) in [5.41, 5.74) is 2.89. The smallest absolute Gasteiger partial charge is 0.243 e. The molecule has 0 radical (unpaired) electrons. The van der Waals surface area contributed by atoms with Crippen LogP contribution >= 0.6 is 0 Å². The lowest BCUT2D eigenvalue weighted by Gasteiger charge is -2.35. The molecule has 2 aromatic rings. The molecule has 0 amide bonds. The molecular formula is C28H39N3O4S. The fourth-order valence-corrected chi connectivity index (χ4v) is 6.84. The summed E-state index contributed by atoms with van der Waals surface area (Å²) < 4.78 is 33.6. The minimum Gasteiger partial charge on any atom is -0.373 e. The van der Waals surface area contributed by atoms with Crippen molar-refractivity contribution in [2.45, 2.75) is 63.2 Å². The zero-order valence-electron chi connectivity index (χ0n) is 21.7. The van der Waals surface area contributed by atoms with Gasteiger partial charge in [0.1, 0.15) is 0 Å². The van der Waals surface area contributed by atoms with Gasteiger partial charge in [-0.2, -0.15) is 4.31 Å². The van der Waals surface area contributed by atoms with E-state index in [9.17, 15) is 13.2 Å². The number of piperidine rings is 1. The van der Waals surface area contributed by atoms with E-state index >= 15 is 0 Å². The largest absolute Gasteiger partial charge is 0.373 e. The topological polar surface area (TPSA) is 79.0 Å². The van der Waals surface area contributed by atoms with Crippen LogP contribution in [0.1, 0.15) is 60.6 Å². The minimum absolute atomic E-state index is 0.114. The summed E-state index contributed by atoms with van der Waals surface area (Å²) in [5.74, 6) is -0.114.